The molecular formula is C15H16BrClN2O3S. The van der Waals surface area contributed by atoms with Gasteiger partial charge in [-0.3, -0.25) is 4.72 Å². The van der Waals surface area contributed by atoms with Crippen molar-refractivity contribution in [3.8, 4) is 16.9 Å². The minimum absolute atomic E-state index is 0.319. The smallest absolute Gasteiger partial charge is 0.235 e. The van der Waals surface area contributed by atoms with Crippen LogP contribution in [0, 0.1) is 0 Å². The SMILES string of the molecule is COc1cc(NS(=O)(=O)C(C)C)cc(-c2cc(Br)cnc2Cl)c1. The topological polar surface area (TPSA) is 68.3 Å². The predicted octanol–water partition coefficient (Wildman–Crippen LogP) is 4.32. The molecule has 8 heteroatoms. The van der Waals surface area contributed by atoms with Crippen LogP contribution in [0.5, 0.6) is 5.75 Å². The van der Waals surface area contributed by atoms with E-state index in [4.69, 9.17) is 16.3 Å². The van der Waals surface area contributed by atoms with Gasteiger partial charge in [0.25, 0.3) is 0 Å². The van der Waals surface area contributed by atoms with E-state index in [1.165, 1.54) is 7.11 Å². The maximum absolute atomic E-state index is 12.1. The summed E-state index contributed by atoms with van der Waals surface area (Å²) < 4.78 is 32.7. The molecule has 0 unspecified atom stereocenters. The number of methoxy groups -OCH3 is 1. The van der Waals surface area contributed by atoms with Crippen molar-refractivity contribution in [1.29, 1.82) is 0 Å². The van der Waals surface area contributed by atoms with Crippen molar-refractivity contribution >= 4 is 43.2 Å². The second kappa shape index (κ2) is 7.07. The zero-order valence-electron chi connectivity index (χ0n) is 12.8. The number of ether oxygens (including phenoxy) is 1. The van der Waals surface area contributed by atoms with Crippen LogP contribution in [0.2, 0.25) is 5.15 Å². The largest absolute Gasteiger partial charge is 0.497 e. The number of nitrogens with one attached hydrogen (secondary N) is 1. The Bertz CT molecular complexity index is 825. The second-order valence-corrected chi connectivity index (χ2v) is 8.65. The molecule has 0 atom stereocenters. The Morgan fingerprint density at radius 3 is 2.57 bits per heavy atom. The predicted molar refractivity (Wildman–Crippen MR) is 96.6 cm³/mol. The summed E-state index contributed by atoms with van der Waals surface area (Å²) in [6, 6.07) is 6.88. The van der Waals surface area contributed by atoms with Gasteiger partial charge in [0.15, 0.2) is 0 Å². The van der Waals surface area contributed by atoms with Gasteiger partial charge in [0, 0.05) is 22.3 Å². The minimum Gasteiger partial charge on any atom is -0.497 e. The molecule has 0 bridgehead atoms. The lowest BCUT2D eigenvalue weighted by atomic mass is 10.1. The van der Waals surface area contributed by atoms with Gasteiger partial charge in [-0.25, -0.2) is 13.4 Å². The van der Waals surface area contributed by atoms with Crippen LogP contribution >= 0.6 is 27.5 Å². The summed E-state index contributed by atoms with van der Waals surface area (Å²) in [4.78, 5) is 4.08. The molecule has 0 saturated heterocycles. The van der Waals surface area contributed by atoms with E-state index in [0.717, 1.165) is 4.47 Å². The van der Waals surface area contributed by atoms with Crippen LogP contribution in [-0.2, 0) is 10.0 Å². The van der Waals surface area contributed by atoms with Crippen molar-refractivity contribution in [2.24, 2.45) is 0 Å². The lowest BCUT2D eigenvalue weighted by Crippen LogP contribution is -2.22. The van der Waals surface area contributed by atoms with Gasteiger partial charge in [0.05, 0.1) is 18.0 Å². The highest BCUT2D eigenvalue weighted by molar-refractivity contribution is 9.10. The Kier molecular flexibility index (Phi) is 5.54. The Labute approximate surface area is 149 Å². The number of anilines is 1. The number of hydrogen-bond acceptors (Lipinski definition) is 4. The molecule has 0 aliphatic rings. The number of halogens is 2. The third kappa shape index (κ3) is 4.37. The molecule has 1 heterocycles. The summed E-state index contributed by atoms with van der Waals surface area (Å²) in [6.45, 7) is 3.22. The highest BCUT2D eigenvalue weighted by atomic mass is 79.9. The van der Waals surface area contributed by atoms with Crippen LogP contribution in [-0.4, -0.2) is 25.8 Å². The summed E-state index contributed by atoms with van der Waals surface area (Å²) in [7, 11) is -1.94. The molecule has 0 amide bonds. The molecule has 0 aliphatic carbocycles. The first kappa shape index (κ1) is 18.0. The zero-order valence-corrected chi connectivity index (χ0v) is 16.0. The standard InChI is InChI=1S/C15H16BrClN2O3S/c1-9(2)23(20,21)19-12-4-10(5-13(7-12)22-3)14-6-11(16)8-18-15(14)17/h4-9,19H,1-3H3. The third-order valence-electron chi connectivity index (χ3n) is 3.14. The third-order valence-corrected chi connectivity index (χ3v) is 5.64. The van der Waals surface area contributed by atoms with Crippen LogP contribution in [0.25, 0.3) is 11.1 Å². The summed E-state index contributed by atoms with van der Waals surface area (Å²) in [5.74, 6) is 0.514. The normalized spacial score (nSPS) is 11.6. The molecule has 23 heavy (non-hydrogen) atoms. The fraction of sp³-hybridized carbons (Fsp3) is 0.267. The Hall–Kier alpha value is -1.31. The molecule has 2 rings (SSSR count). The number of rotatable bonds is 5. The fourth-order valence-corrected chi connectivity index (χ4v) is 3.06. The van der Waals surface area contributed by atoms with Gasteiger partial charge in [0.1, 0.15) is 10.9 Å². The molecule has 0 aliphatic heterocycles. The van der Waals surface area contributed by atoms with E-state index in [2.05, 4.69) is 25.6 Å². The molecular weight excluding hydrogens is 404 g/mol. The molecule has 5 nitrogen and oxygen atoms in total. The Morgan fingerprint density at radius 2 is 1.96 bits per heavy atom. The van der Waals surface area contributed by atoms with Gasteiger partial charge < -0.3 is 4.74 Å². The first-order valence-electron chi connectivity index (χ1n) is 6.75. The summed E-state index contributed by atoms with van der Waals surface area (Å²) in [6.07, 6.45) is 1.59. The average molecular weight is 420 g/mol. The lowest BCUT2D eigenvalue weighted by Gasteiger charge is -2.14. The van der Waals surface area contributed by atoms with E-state index in [0.29, 0.717) is 27.7 Å². The van der Waals surface area contributed by atoms with E-state index in [1.807, 2.05) is 6.07 Å². The first-order valence-corrected chi connectivity index (χ1v) is 9.47. The molecule has 0 fully saturated rings. The zero-order chi connectivity index (χ0) is 17.2. The van der Waals surface area contributed by atoms with Crippen LogP contribution < -0.4 is 9.46 Å². The fourth-order valence-electron chi connectivity index (χ4n) is 1.84. The van der Waals surface area contributed by atoms with E-state index < -0.39 is 15.3 Å². The van der Waals surface area contributed by atoms with Gasteiger partial charge >= 0.3 is 0 Å². The van der Waals surface area contributed by atoms with Crippen LogP contribution in [0.15, 0.2) is 34.9 Å². The van der Waals surface area contributed by atoms with Gasteiger partial charge in [0.2, 0.25) is 10.0 Å². The molecule has 0 radical (unpaired) electrons. The Morgan fingerprint density at radius 1 is 1.26 bits per heavy atom. The van der Waals surface area contributed by atoms with Gasteiger partial charge in [-0.1, -0.05) is 11.6 Å². The highest BCUT2D eigenvalue weighted by Gasteiger charge is 2.17. The number of benzene rings is 1. The van der Waals surface area contributed by atoms with Crippen molar-refractivity contribution in [1.82, 2.24) is 4.98 Å². The summed E-state index contributed by atoms with van der Waals surface area (Å²) in [5.41, 5.74) is 1.78. The van der Waals surface area contributed by atoms with E-state index in [-0.39, 0.29) is 0 Å². The maximum Gasteiger partial charge on any atom is 0.235 e. The highest BCUT2D eigenvalue weighted by Crippen LogP contribution is 2.34. The molecule has 2 aromatic rings. The van der Waals surface area contributed by atoms with Crippen LogP contribution in [0.1, 0.15) is 13.8 Å². The maximum atomic E-state index is 12.1. The molecule has 1 N–H and O–H groups in total. The van der Waals surface area contributed by atoms with Crippen molar-refractivity contribution < 1.29 is 13.2 Å². The number of nitrogens with zero attached hydrogens (tertiary/aromatic N) is 1. The van der Waals surface area contributed by atoms with Gasteiger partial charge in [-0.05, 0) is 53.5 Å². The molecule has 1 aromatic heterocycles. The Balaban J connectivity index is 2.54. The van der Waals surface area contributed by atoms with E-state index in [1.54, 1.807) is 38.2 Å². The molecule has 1 aromatic carbocycles. The van der Waals surface area contributed by atoms with Gasteiger partial charge in [-0.2, -0.15) is 0 Å². The number of sulfonamides is 1. The van der Waals surface area contributed by atoms with E-state index in [9.17, 15) is 8.42 Å². The van der Waals surface area contributed by atoms with Crippen molar-refractivity contribution in [2.75, 3.05) is 11.8 Å². The number of pyridine rings is 1. The van der Waals surface area contributed by atoms with E-state index >= 15 is 0 Å². The first-order chi connectivity index (χ1) is 10.7. The number of aromatic nitrogens is 1. The summed E-state index contributed by atoms with van der Waals surface area (Å²) >= 11 is 9.50. The van der Waals surface area contributed by atoms with Crippen molar-refractivity contribution in [3.05, 3.63) is 40.1 Å². The van der Waals surface area contributed by atoms with Gasteiger partial charge in [-0.15, -0.1) is 0 Å². The average Bonchev–Trinajstić information content (AvgIpc) is 2.48. The minimum atomic E-state index is -3.46. The lowest BCUT2D eigenvalue weighted by molar-refractivity contribution is 0.415. The van der Waals surface area contributed by atoms with Crippen molar-refractivity contribution in [3.63, 3.8) is 0 Å². The van der Waals surface area contributed by atoms with Crippen molar-refractivity contribution in [2.45, 2.75) is 19.1 Å². The molecule has 0 spiro atoms. The van der Waals surface area contributed by atoms with Crippen LogP contribution in [0.4, 0.5) is 5.69 Å². The summed E-state index contributed by atoms with van der Waals surface area (Å²) in [5, 5.41) is -0.229. The second-order valence-electron chi connectivity index (χ2n) is 5.14. The monoisotopic (exact) mass is 418 g/mol. The van der Waals surface area contributed by atoms with Crippen LogP contribution in [0.3, 0.4) is 0 Å². The molecule has 0 saturated carbocycles. The number of hydrogen-bond donors (Lipinski definition) is 1. The molecule has 124 valence electrons. The quantitative estimate of drug-likeness (QED) is 0.733.